The van der Waals surface area contributed by atoms with E-state index in [4.69, 9.17) is 5.73 Å². The Kier molecular flexibility index (Phi) is 6.10. The van der Waals surface area contributed by atoms with Crippen molar-refractivity contribution in [3.8, 4) is 0 Å². The Morgan fingerprint density at radius 2 is 2.22 bits per heavy atom. The first kappa shape index (κ1) is 14.4. The molecule has 0 radical (unpaired) electrons. The summed E-state index contributed by atoms with van der Waals surface area (Å²) in [5.41, 5.74) is 6.14. The Labute approximate surface area is 108 Å². The van der Waals surface area contributed by atoms with Crippen LogP contribution in [0.2, 0.25) is 0 Å². The zero-order chi connectivity index (χ0) is 13.4. The molecular formula is C12H21N5O. The molecule has 1 aromatic heterocycles. The van der Waals surface area contributed by atoms with Crippen molar-refractivity contribution in [3.05, 3.63) is 18.3 Å². The fourth-order valence-electron chi connectivity index (χ4n) is 1.39. The van der Waals surface area contributed by atoms with E-state index >= 15 is 0 Å². The topological polar surface area (TPSA) is 83.3 Å². The van der Waals surface area contributed by atoms with Gasteiger partial charge in [-0.15, -0.1) is 0 Å². The predicted octanol–water partition coefficient (Wildman–Crippen LogP) is 0.342. The van der Waals surface area contributed by atoms with Gasteiger partial charge in [-0.25, -0.2) is 4.98 Å². The average Bonchev–Trinajstić information content (AvgIpc) is 2.36. The first-order valence-corrected chi connectivity index (χ1v) is 5.96. The molecule has 0 aliphatic heterocycles. The summed E-state index contributed by atoms with van der Waals surface area (Å²) >= 11 is 0. The van der Waals surface area contributed by atoms with E-state index in [0.717, 1.165) is 25.2 Å². The third-order valence-electron chi connectivity index (χ3n) is 2.33. The number of hydrogen-bond acceptors (Lipinski definition) is 5. The Morgan fingerprint density at radius 1 is 1.44 bits per heavy atom. The first-order valence-electron chi connectivity index (χ1n) is 5.96. The van der Waals surface area contributed by atoms with Gasteiger partial charge in [-0.2, -0.15) is 0 Å². The summed E-state index contributed by atoms with van der Waals surface area (Å²) in [6, 6.07) is 3.64. The van der Waals surface area contributed by atoms with Gasteiger partial charge >= 0.3 is 0 Å². The highest BCUT2D eigenvalue weighted by Gasteiger charge is 2.00. The van der Waals surface area contributed by atoms with Crippen molar-refractivity contribution in [1.82, 2.24) is 9.88 Å². The van der Waals surface area contributed by atoms with Crippen LogP contribution in [0, 0.1) is 0 Å². The lowest BCUT2D eigenvalue weighted by atomic mass is 10.3. The molecule has 18 heavy (non-hydrogen) atoms. The normalized spacial score (nSPS) is 10.4. The summed E-state index contributed by atoms with van der Waals surface area (Å²) < 4.78 is 0. The van der Waals surface area contributed by atoms with Crippen molar-refractivity contribution in [2.24, 2.45) is 5.73 Å². The number of nitrogens with one attached hydrogen (secondary N) is 2. The van der Waals surface area contributed by atoms with Crippen molar-refractivity contribution < 1.29 is 4.79 Å². The third-order valence-corrected chi connectivity index (χ3v) is 2.33. The minimum absolute atomic E-state index is 0.0355. The molecule has 1 amide bonds. The maximum atomic E-state index is 11.0. The van der Waals surface area contributed by atoms with E-state index < -0.39 is 0 Å². The van der Waals surface area contributed by atoms with Crippen LogP contribution >= 0.6 is 0 Å². The smallest absolute Gasteiger partial charge is 0.239 e. The summed E-state index contributed by atoms with van der Waals surface area (Å²) in [6.07, 6.45) is 2.76. The number of aromatic nitrogens is 1. The number of carbonyl (C=O) groups excluding carboxylic acids is 1. The quantitative estimate of drug-likeness (QED) is 0.609. The molecule has 6 nitrogen and oxygen atoms in total. The molecule has 0 saturated heterocycles. The highest BCUT2D eigenvalue weighted by Crippen LogP contribution is 2.09. The maximum Gasteiger partial charge on any atom is 0.239 e. The summed E-state index contributed by atoms with van der Waals surface area (Å²) in [4.78, 5) is 17.3. The van der Waals surface area contributed by atoms with Gasteiger partial charge < -0.3 is 21.3 Å². The zero-order valence-corrected chi connectivity index (χ0v) is 10.9. The molecular weight excluding hydrogens is 230 g/mol. The van der Waals surface area contributed by atoms with Crippen LogP contribution < -0.4 is 16.4 Å². The Hall–Kier alpha value is -1.66. The Balaban J connectivity index is 2.33. The second kappa shape index (κ2) is 7.62. The maximum absolute atomic E-state index is 11.0. The van der Waals surface area contributed by atoms with E-state index in [1.165, 1.54) is 0 Å². The minimum atomic E-state index is -0.241. The highest BCUT2D eigenvalue weighted by molar-refractivity contribution is 5.91. The number of nitrogens with zero attached hydrogens (tertiary/aromatic N) is 2. The second-order valence-electron chi connectivity index (χ2n) is 4.27. The van der Waals surface area contributed by atoms with Crippen molar-refractivity contribution >= 4 is 17.4 Å². The number of nitrogens with two attached hydrogens (primary N) is 1. The number of rotatable bonds is 7. The van der Waals surface area contributed by atoms with E-state index in [0.29, 0.717) is 5.82 Å². The van der Waals surface area contributed by atoms with Crippen LogP contribution in [-0.4, -0.2) is 49.5 Å². The van der Waals surface area contributed by atoms with Crippen molar-refractivity contribution in [3.63, 3.8) is 0 Å². The van der Waals surface area contributed by atoms with E-state index in [9.17, 15) is 4.79 Å². The van der Waals surface area contributed by atoms with E-state index in [1.807, 2.05) is 6.07 Å². The predicted molar refractivity (Wildman–Crippen MR) is 73.6 cm³/mol. The lowest BCUT2D eigenvalue weighted by molar-refractivity contribution is -0.114. The molecule has 0 aliphatic rings. The lowest BCUT2D eigenvalue weighted by Crippen LogP contribution is -2.22. The lowest BCUT2D eigenvalue weighted by Gasteiger charge is -2.10. The number of pyridine rings is 1. The van der Waals surface area contributed by atoms with Crippen molar-refractivity contribution in [2.75, 3.05) is 44.4 Å². The largest absolute Gasteiger partial charge is 0.384 e. The van der Waals surface area contributed by atoms with E-state index in [2.05, 4.69) is 34.6 Å². The van der Waals surface area contributed by atoms with Crippen molar-refractivity contribution in [2.45, 2.75) is 6.42 Å². The molecule has 6 heteroatoms. The van der Waals surface area contributed by atoms with Gasteiger partial charge in [-0.3, -0.25) is 4.79 Å². The first-order chi connectivity index (χ1) is 8.61. The second-order valence-corrected chi connectivity index (χ2v) is 4.27. The van der Waals surface area contributed by atoms with Gasteiger partial charge in [0.25, 0.3) is 0 Å². The fraction of sp³-hybridized carbons (Fsp3) is 0.500. The third kappa shape index (κ3) is 5.60. The molecule has 1 rings (SSSR count). The Morgan fingerprint density at radius 3 is 2.78 bits per heavy atom. The number of carbonyl (C=O) groups is 1. The molecule has 1 aromatic rings. The fourth-order valence-corrected chi connectivity index (χ4v) is 1.39. The molecule has 0 aromatic carbocycles. The molecule has 4 N–H and O–H groups in total. The SMILES string of the molecule is CN(C)CCCNc1ccc(NC(=O)CN)nc1. The van der Waals surface area contributed by atoms with Gasteiger partial charge in [0.15, 0.2) is 0 Å². The van der Waals surface area contributed by atoms with Crippen LogP contribution in [0.5, 0.6) is 0 Å². The molecule has 1 heterocycles. The Bertz CT molecular complexity index is 363. The molecule has 0 saturated carbocycles. The summed E-state index contributed by atoms with van der Waals surface area (Å²) in [5, 5.41) is 5.86. The van der Waals surface area contributed by atoms with Gasteiger partial charge in [-0.1, -0.05) is 0 Å². The molecule has 0 bridgehead atoms. The molecule has 0 fully saturated rings. The highest BCUT2D eigenvalue weighted by atomic mass is 16.1. The molecule has 0 spiro atoms. The zero-order valence-electron chi connectivity index (χ0n) is 10.9. The molecule has 0 atom stereocenters. The molecule has 100 valence electrons. The van der Waals surface area contributed by atoms with Crippen LogP contribution in [0.25, 0.3) is 0 Å². The van der Waals surface area contributed by atoms with E-state index in [1.54, 1.807) is 12.3 Å². The van der Waals surface area contributed by atoms with Gasteiger partial charge in [0, 0.05) is 6.54 Å². The van der Waals surface area contributed by atoms with Crippen molar-refractivity contribution in [1.29, 1.82) is 0 Å². The van der Waals surface area contributed by atoms with Crippen LogP contribution in [0.1, 0.15) is 6.42 Å². The van der Waals surface area contributed by atoms with Crippen LogP contribution in [0.15, 0.2) is 18.3 Å². The van der Waals surface area contributed by atoms with Gasteiger partial charge in [0.1, 0.15) is 5.82 Å². The van der Waals surface area contributed by atoms with Crippen LogP contribution in [0.4, 0.5) is 11.5 Å². The number of anilines is 2. The standard InChI is InChI=1S/C12H21N5O/c1-17(2)7-3-6-14-10-4-5-11(15-9-10)16-12(18)8-13/h4-5,9,14H,3,6-8,13H2,1-2H3,(H,15,16,18). The molecule has 0 aliphatic carbocycles. The minimum Gasteiger partial charge on any atom is -0.384 e. The summed E-state index contributed by atoms with van der Waals surface area (Å²) in [7, 11) is 4.10. The average molecular weight is 251 g/mol. The summed E-state index contributed by atoms with van der Waals surface area (Å²) in [6.45, 7) is 1.91. The monoisotopic (exact) mass is 251 g/mol. The van der Waals surface area contributed by atoms with Crippen LogP contribution in [0.3, 0.4) is 0 Å². The van der Waals surface area contributed by atoms with Gasteiger partial charge in [0.2, 0.25) is 5.91 Å². The van der Waals surface area contributed by atoms with Gasteiger partial charge in [-0.05, 0) is 39.2 Å². The van der Waals surface area contributed by atoms with Crippen LogP contribution in [-0.2, 0) is 4.79 Å². The van der Waals surface area contributed by atoms with Gasteiger partial charge in [0.05, 0.1) is 18.4 Å². The van der Waals surface area contributed by atoms with E-state index in [-0.39, 0.29) is 12.5 Å². The summed E-state index contributed by atoms with van der Waals surface area (Å²) in [5.74, 6) is 0.276. The number of amides is 1. The number of hydrogen-bond donors (Lipinski definition) is 3. The molecule has 0 unspecified atom stereocenters.